The summed E-state index contributed by atoms with van der Waals surface area (Å²) in [6.45, 7) is 4.15. The first-order chi connectivity index (χ1) is 8.13. The third-order valence-corrected chi connectivity index (χ3v) is 4.44. The third-order valence-electron chi connectivity index (χ3n) is 4.44. The monoisotopic (exact) mass is 238 g/mol. The molecule has 1 aliphatic carbocycles. The zero-order chi connectivity index (χ0) is 12.3. The molecule has 1 heterocycles. The Morgan fingerprint density at radius 1 is 1.41 bits per heavy atom. The Morgan fingerprint density at radius 3 is 2.76 bits per heavy atom. The molecule has 0 radical (unpaired) electrons. The van der Waals surface area contributed by atoms with Gasteiger partial charge in [-0.05, 0) is 31.6 Å². The fourth-order valence-electron chi connectivity index (χ4n) is 3.37. The van der Waals surface area contributed by atoms with E-state index in [1.165, 1.54) is 32.1 Å². The molecule has 1 saturated heterocycles. The van der Waals surface area contributed by atoms with Gasteiger partial charge >= 0.3 is 0 Å². The largest absolute Gasteiger partial charge is 0.342 e. The molecule has 3 heteroatoms. The molecule has 1 aliphatic heterocycles. The lowest BCUT2D eigenvalue weighted by Crippen LogP contribution is -2.43. The van der Waals surface area contributed by atoms with Crippen LogP contribution in [-0.2, 0) is 4.79 Å². The molecule has 0 aromatic heterocycles. The summed E-state index contributed by atoms with van der Waals surface area (Å²) in [5.41, 5.74) is 6.09. The second-order valence-corrected chi connectivity index (χ2v) is 6.03. The van der Waals surface area contributed by atoms with Gasteiger partial charge in [0.25, 0.3) is 0 Å². The Balaban J connectivity index is 1.80. The van der Waals surface area contributed by atoms with Crippen LogP contribution in [0.5, 0.6) is 0 Å². The van der Waals surface area contributed by atoms with Gasteiger partial charge in [0.2, 0.25) is 5.91 Å². The average molecular weight is 238 g/mol. The maximum absolute atomic E-state index is 12.2. The molecule has 0 aromatic carbocycles. The minimum absolute atomic E-state index is 0.181. The van der Waals surface area contributed by atoms with E-state index in [4.69, 9.17) is 5.73 Å². The highest BCUT2D eigenvalue weighted by Crippen LogP contribution is 2.31. The van der Waals surface area contributed by atoms with Gasteiger partial charge in [-0.1, -0.05) is 26.2 Å². The summed E-state index contributed by atoms with van der Waals surface area (Å²) in [5.74, 6) is 1.04. The normalized spacial score (nSPS) is 27.6. The number of rotatable bonds is 4. The van der Waals surface area contributed by atoms with Gasteiger partial charge in [0, 0.05) is 25.0 Å². The molecule has 98 valence electrons. The summed E-state index contributed by atoms with van der Waals surface area (Å²) < 4.78 is 0. The van der Waals surface area contributed by atoms with Crippen LogP contribution in [0.25, 0.3) is 0 Å². The summed E-state index contributed by atoms with van der Waals surface area (Å²) in [7, 11) is 0. The molecule has 1 saturated carbocycles. The highest BCUT2D eigenvalue weighted by Gasteiger charge is 2.35. The molecule has 2 N–H and O–H groups in total. The molecule has 2 fully saturated rings. The van der Waals surface area contributed by atoms with Crippen molar-refractivity contribution in [3.05, 3.63) is 0 Å². The van der Waals surface area contributed by atoms with E-state index in [9.17, 15) is 4.79 Å². The first-order valence-electron chi connectivity index (χ1n) is 7.19. The van der Waals surface area contributed by atoms with E-state index < -0.39 is 0 Å². The summed E-state index contributed by atoms with van der Waals surface area (Å²) in [6.07, 6.45) is 8.72. The zero-order valence-electron chi connectivity index (χ0n) is 11.1. The molecule has 2 rings (SSSR count). The number of hydrogen-bond donors (Lipinski definition) is 1. The van der Waals surface area contributed by atoms with Crippen LogP contribution in [-0.4, -0.2) is 29.4 Å². The molecule has 2 aliphatic rings. The van der Waals surface area contributed by atoms with Gasteiger partial charge in [0.15, 0.2) is 0 Å². The SMILES string of the molecule is CCCC1CCN(C(=O)CC2(N)CCCC2)C1. The van der Waals surface area contributed by atoms with Crippen molar-refractivity contribution in [2.24, 2.45) is 11.7 Å². The smallest absolute Gasteiger partial charge is 0.224 e. The molecule has 17 heavy (non-hydrogen) atoms. The number of likely N-dealkylation sites (tertiary alicyclic amines) is 1. The van der Waals surface area contributed by atoms with Gasteiger partial charge in [-0.2, -0.15) is 0 Å². The summed E-state index contributed by atoms with van der Waals surface area (Å²) in [5, 5.41) is 0. The van der Waals surface area contributed by atoms with E-state index in [0.717, 1.165) is 31.8 Å². The quantitative estimate of drug-likeness (QED) is 0.817. The van der Waals surface area contributed by atoms with E-state index in [-0.39, 0.29) is 5.54 Å². The number of nitrogens with zero attached hydrogens (tertiary/aromatic N) is 1. The van der Waals surface area contributed by atoms with Crippen LogP contribution < -0.4 is 5.73 Å². The predicted octanol–water partition coefficient (Wildman–Crippen LogP) is 2.30. The van der Waals surface area contributed by atoms with Crippen molar-refractivity contribution in [2.75, 3.05) is 13.1 Å². The lowest BCUT2D eigenvalue weighted by Gasteiger charge is -2.26. The molecule has 1 unspecified atom stereocenters. The molecule has 0 bridgehead atoms. The standard InChI is InChI=1S/C14H26N2O/c1-2-5-12-6-9-16(11-12)13(17)10-14(15)7-3-4-8-14/h12H,2-11,15H2,1H3. The maximum atomic E-state index is 12.2. The van der Waals surface area contributed by atoms with Gasteiger partial charge in [-0.3, -0.25) is 4.79 Å². The number of nitrogens with two attached hydrogens (primary N) is 1. The van der Waals surface area contributed by atoms with Crippen LogP contribution in [0.1, 0.15) is 58.3 Å². The Morgan fingerprint density at radius 2 is 2.12 bits per heavy atom. The number of amides is 1. The van der Waals surface area contributed by atoms with Gasteiger partial charge in [-0.25, -0.2) is 0 Å². The molecule has 0 aromatic rings. The van der Waals surface area contributed by atoms with Crippen LogP contribution in [0.2, 0.25) is 0 Å². The van der Waals surface area contributed by atoms with Crippen molar-refractivity contribution in [2.45, 2.75) is 63.8 Å². The van der Waals surface area contributed by atoms with Crippen molar-refractivity contribution in [3.8, 4) is 0 Å². The van der Waals surface area contributed by atoms with Crippen molar-refractivity contribution in [3.63, 3.8) is 0 Å². The highest BCUT2D eigenvalue weighted by atomic mass is 16.2. The average Bonchev–Trinajstić information content (AvgIpc) is 2.88. The number of carbonyl (C=O) groups is 1. The second kappa shape index (κ2) is 5.38. The lowest BCUT2D eigenvalue weighted by atomic mass is 9.94. The van der Waals surface area contributed by atoms with Crippen LogP contribution in [0, 0.1) is 5.92 Å². The van der Waals surface area contributed by atoms with Crippen LogP contribution >= 0.6 is 0 Å². The van der Waals surface area contributed by atoms with Crippen molar-refractivity contribution in [1.82, 2.24) is 4.90 Å². The van der Waals surface area contributed by atoms with Crippen molar-refractivity contribution < 1.29 is 4.79 Å². The molecular weight excluding hydrogens is 212 g/mol. The first-order valence-corrected chi connectivity index (χ1v) is 7.19. The van der Waals surface area contributed by atoms with E-state index >= 15 is 0 Å². The summed E-state index contributed by atoms with van der Waals surface area (Å²) in [6, 6.07) is 0. The molecule has 1 atom stereocenters. The molecule has 3 nitrogen and oxygen atoms in total. The fraction of sp³-hybridized carbons (Fsp3) is 0.929. The van der Waals surface area contributed by atoms with Gasteiger partial charge < -0.3 is 10.6 Å². The van der Waals surface area contributed by atoms with Crippen LogP contribution in [0.3, 0.4) is 0 Å². The van der Waals surface area contributed by atoms with Gasteiger partial charge in [-0.15, -0.1) is 0 Å². The molecule has 0 spiro atoms. The minimum Gasteiger partial charge on any atom is -0.342 e. The zero-order valence-corrected chi connectivity index (χ0v) is 11.1. The fourth-order valence-corrected chi connectivity index (χ4v) is 3.37. The van der Waals surface area contributed by atoms with Gasteiger partial charge in [0.1, 0.15) is 0 Å². The Hall–Kier alpha value is -0.570. The van der Waals surface area contributed by atoms with Crippen LogP contribution in [0.15, 0.2) is 0 Å². The summed E-state index contributed by atoms with van der Waals surface area (Å²) >= 11 is 0. The second-order valence-electron chi connectivity index (χ2n) is 6.03. The van der Waals surface area contributed by atoms with Crippen molar-refractivity contribution >= 4 is 5.91 Å². The van der Waals surface area contributed by atoms with E-state index in [0.29, 0.717) is 12.3 Å². The Bertz CT molecular complexity index is 271. The Labute approximate surface area is 105 Å². The number of hydrogen-bond acceptors (Lipinski definition) is 2. The Kier molecular flexibility index (Phi) is 4.08. The number of carbonyl (C=O) groups excluding carboxylic acids is 1. The van der Waals surface area contributed by atoms with Crippen molar-refractivity contribution in [1.29, 1.82) is 0 Å². The first kappa shape index (κ1) is 12.9. The highest BCUT2D eigenvalue weighted by molar-refractivity contribution is 5.77. The van der Waals surface area contributed by atoms with E-state index in [1.807, 2.05) is 4.90 Å². The predicted molar refractivity (Wildman–Crippen MR) is 69.6 cm³/mol. The summed E-state index contributed by atoms with van der Waals surface area (Å²) in [4.78, 5) is 14.3. The van der Waals surface area contributed by atoms with Gasteiger partial charge in [0.05, 0.1) is 0 Å². The molecule has 1 amide bonds. The minimum atomic E-state index is -0.181. The van der Waals surface area contributed by atoms with Crippen LogP contribution in [0.4, 0.5) is 0 Å². The van der Waals surface area contributed by atoms with E-state index in [2.05, 4.69) is 6.92 Å². The topological polar surface area (TPSA) is 46.3 Å². The lowest BCUT2D eigenvalue weighted by molar-refractivity contribution is -0.131. The molecular formula is C14H26N2O. The maximum Gasteiger partial charge on any atom is 0.224 e. The van der Waals surface area contributed by atoms with E-state index in [1.54, 1.807) is 0 Å². The third kappa shape index (κ3) is 3.21.